The van der Waals surface area contributed by atoms with Gasteiger partial charge in [-0.3, -0.25) is 4.79 Å². The van der Waals surface area contributed by atoms with Gasteiger partial charge < -0.3 is 19.2 Å². The summed E-state index contributed by atoms with van der Waals surface area (Å²) in [5.41, 5.74) is 1.52. The Bertz CT molecular complexity index is 1040. The summed E-state index contributed by atoms with van der Waals surface area (Å²) in [4.78, 5) is 28.9. The van der Waals surface area contributed by atoms with Crippen LogP contribution in [0, 0.1) is 13.8 Å². The van der Waals surface area contributed by atoms with Crippen LogP contribution >= 0.6 is 11.3 Å². The first-order valence-corrected chi connectivity index (χ1v) is 8.71. The second kappa shape index (κ2) is 7.17. The van der Waals surface area contributed by atoms with Gasteiger partial charge in [-0.2, -0.15) is 0 Å². The first-order valence-electron chi connectivity index (χ1n) is 7.83. The van der Waals surface area contributed by atoms with Crippen LogP contribution in [0.3, 0.4) is 0 Å². The fraction of sp³-hybridized carbons (Fsp3) is 0.278. The number of benzene rings is 1. The Hall–Kier alpha value is -2.87. The van der Waals surface area contributed by atoms with Gasteiger partial charge in [0, 0.05) is 10.8 Å². The lowest BCUT2D eigenvalue weighted by Crippen LogP contribution is -2.20. The predicted octanol–water partition coefficient (Wildman–Crippen LogP) is 3.06. The number of thiazole rings is 1. The minimum absolute atomic E-state index is 0.100. The van der Waals surface area contributed by atoms with Crippen molar-refractivity contribution >= 4 is 33.3 Å². The van der Waals surface area contributed by atoms with Crippen LogP contribution in [-0.2, 0) is 11.2 Å². The van der Waals surface area contributed by atoms with E-state index in [1.807, 2.05) is 12.3 Å². The molecule has 0 unspecified atom stereocenters. The highest BCUT2D eigenvalue weighted by Crippen LogP contribution is 2.36. The van der Waals surface area contributed by atoms with Gasteiger partial charge in [0.05, 0.1) is 31.9 Å². The third kappa shape index (κ3) is 3.28. The Morgan fingerprint density at radius 1 is 1.27 bits per heavy atom. The zero-order valence-electron chi connectivity index (χ0n) is 14.8. The van der Waals surface area contributed by atoms with Gasteiger partial charge in [-0.05, 0) is 31.5 Å². The number of amides is 1. The third-order valence-electron chi connectivity index (χ3n) is 4.00. The predicted molar refractivity (Wildman–Crippen MR) is 99.5 cm³/mol. The lowest BCUT2D eigenvalue weighted by atomic mass is 10.0. The molecule has 2 aromatic heterocycles. The molecule has 0 spiro atoms. The second-order valence-electron chi connectivity index (χ2n) is 5.69. The molecule has 2 heterocycles. The molecule has 3 aromatic rings. The van der Waals surface area contributed by atoms with Crippen molar-refractivity contribution in [3.63, 3.8) is 0 Å². The fourth-order valence-corrected chi connectivity index (χ4v) is 3.41. The molecule has 0 saturated heterocycles. The van der Waals surface area contributed by atoms with Crippen LogP contribution in [0.1, 0.15) is 16.8 Å². The number of carbonyl (C=O) groups excluding carboxylic acids is 1. The third-order valence-corrected chi connectivity index (χ3v) is 4.88. The lowest BCUT2D eigenvalue weighted by molar-refractivity contribution is -0.115. The van der Waals surface area contributed by atoms with E-state index in [4.69, 9.17) is 13.9 Å². The van der Waals surface area contributed by atoms with Crippen LogP contribution in [0.25, 0.3) is 11.0 Å². The Labute approximate surface area is 153 Å². The highest BCUT2D eigenvalue weighted by Gasteiger charge is 2.19. The highest BCUT2D eigenvalue weighted by atomic mass is 32.1. The molecule has 1 aromatic carbocycles. The number of nitrogens with zero attached hydrogens (tertiary/aromatic N) is 1. The van der Waals surface area contributed by atoms with Gasteiger partial charge in [-0.25, -0.2) is 9.78 Å². The van der Waals surface area contributed by atoms with E-state index in [9.17, 15) is 9.59 Å². The Morgan fingerprint density at radius 2 is 2.04 bits per heavy atom. The summed E-state index contributed by atoms with van der Waals surface area (Å²) < 4.78 is 16.0. The van der Waals surface area contributed by atoms with Crippen molar-refractivity contribution in [2.24, 2.45) is 0 Å². The molecule has 0 fully saturated rings. The van der Waals surface area contributed by atoms with Crippen LogP contribution in [0.15, 0.2) is 26.7 Å². The van der Waals surface area contributed by atoms with E-state index in [1.54, 1.807) is 19.1 Å². The van der Waals surface area contributed by atoms with Gasteiger partial charge >= 0.3 is 5.63 Å². The molecule has 1 amide bonds. The number of methoxy groups -OCH3 is 2. The van der Waals surface area contributed by atoms with Crippen molar-refractivity contribution in [2.45, 2.75) is 20.3 Å². The van der Waals surface area contributed by atoms with Gasteiger partial charge in [0.15, 0.2) is 16.5 Å². The van der Waals surface area contributed by atoms with E-state index in [2.05, 4.69) is 10.3 Å². The molecule has 136 valence electrons. The van der Waals surface area contributed by atoms with Gasteiger partial charge in [-0.15, -0.1) is 11.3 Å². The van der Waals surface area contributed by atoms with E-state index in [1.165, 1.54) is 25.6 Å². The summed E-state index contributed by atoms with van der Waals surface area (Å²) >= 11 is 1.33. The Kier molecular flexibility index (Phi) is 4.94. The molecule has 0 bridgehead atoms. The molecule has 8 heteroatoms. The number of hydrogen-bond acceptors (Lipinski definition) is 7. The van der Waals surface area contributed by atoms with Crippen LogP contribution < -0.4 is 20.4 Å². The SMILES string of the molecule is COc1ccc2c(C)c(CC(=O)Nc3nc(C)cs3)c(=O)oc2c1OC. The summed E-state index contributed by atoms with van der Waals surface area (Å²) in [5.74, 6) is 0.487. The molecule has 0 aliphatic heterocycles. The number of fused-ring (bicyclic) bond motifs is 1. The van der Waals surface area contributed by atoms with Crippen molar-refractivity contribution in [1.82, 2.24) is 4.98 Å². The van der Waals surface area contributed by atoms with E-state index in [0.717, 1.165) is 5.69 Å². The molecule has 0 atom stereocenters. The maximum absolute atomic E-state index is 12.5. The zero-order chi connectivity index (χ0) is 18.8. The van der Waals surface area contributed by atoms with Crippen LogP contribution in [0.5, 0.6) is 11.5 Å². The van der Waals surface area contributed by atoms with Gasteiger partial charge in [0.25, 0.3) is 0 Å². The molecule has 0 radical (unpaired) electrons. The van der Waals surface area contributed by atoms with Crippen molar-refractivity contribution < 1.29 is 18.7 Å². The molecule has 3 rings (SSSR count). The van der Waals surface area contributed by atoms with Crippen LogP contribution in [0.2, 0.25) is 0 Å². The lowest BCUT2D eigenvalue weighted by Gasteiger charge is -2.12. The van der Waals surface area contributed by atoms with E-state index < -0.39 is 5.63 Å². The molecule has 7 nitrogen and oxygen atoms in total. The highest BCUT2D eigenvalue weighted by molar-refractivity contribution is 7.13. The minimum Gasteiger partial charge on any atom is -0.493 e. The summed E-state index contributed by atoms with van der Waals surface area (Å²) in [6, 6.07) is 3.51. The number of rotatable bonds is 5. The number of nitrogens with one attached hydrogen (secondary N) is 1. The minimum atomic E-state index is -0.577. The number of carbonyl (C=O) groups is 1. The normalized spacial score (nSPS) is 10.8. The topological polar surface area (TPSA) is 90.7 Å². The quantitative estimate of drug-likeness (QED) is 0.690. The van der Waals surface area contributed by atoms with Crippen LogP contribution in [-0.4, -0.2) is 25.1 Å². The average Bonchev–Trinajstić information content (AvgIpc) is 3.02. The van der Waals surface area contributed by atoms with E-state index in [0.29, 0.717) is 38.7 Å². The van der Waals surface area contributed by atoms with Gasteiger partial charge in [-0.1, -0.05) is 0 Å². The van der Waals surface area contributed by atoms with Crippen molar-refractivity contribution in [1.29, 1.82) is 0 Å². The van der Waals surface area contributed by atoms with E-state index >= 15 is 0 Å². The van der Waals surface area contributed by atoms with Gasteiger partial charge in [0.1, 0.15) is 0 Å². The summed E-state index contributed by atoms with van der Waals surface area (Å²) in [5, 5.41) is 5.73. The summed E-state index contributed by atoms with van der Waals surface area (Å²) in [6.45, 7) is 3.62. The summed E-state index contributed by atoms with van der Waals surface area (Å²) in [6.07, 6.45) is -0.100. The molecule has 1 N–H and O–H groups in total. The standard InChI is InChI=1S/C18H18N2O5S/c1-9-8-26-18(19-9)20-14(21)7-12-10(2)11-5-6-13(23-3)16(24-4)15(11)25-17(12)22/h5-6,8H,7H2,1-4H3,(H,19,20,21). The number of anilines is 1. The first-order chi connectivity index (χ1) is 12.4. The van der Waals surface area contributed by atoms with Crippen molar-refractivity contribution in [3.8, 4) is 11.5 Å². The second-order valence-corrected chi connectivity index (χ2v) is 6.55. The van der Waals surface area contributed by atoms with Crippen molar-refractivity contribution in [3.05, 3.63) is 44.8 Å². The first kappa shape index (κ1) is 17.9. The maximum Gasteiger partial charge on any atom is 0.340 e. The Balaban J connectivity index is 1.99. The number of aryl methyl sites for hydroxylation is 2. The van der Waals surface area contributed by atoms with Crippen molar-refractivity contribution in [2.75, 3.05) is 19.5 Å². The monoisotopic (exact) mass is 374 g/mol. The smallest absolute Gasteiger partial charge is 0.340 e. The Morgan fingerprint density at radius 3 is 2.65 bits per heavy atom. The molecular formula is C18H18N2O5S. The van der Waals surface area contributed by atoms with E-state index in [-0.39, 0.29) is 12.3 Å². The molecule has 0 saturated carbocycles. The molecule has 0 aliphatic rings. The summed E-state index contributed by atoms with van der Waals surface area (Å²) in [7, 11) is 2.98. The number of aromatic nitrogens is 1. The largest absolute Gasteiger partial charge is 0.493 e. The zero-order valence-corrected chi connectivity index (χ0v) is 15.7. The fourth-order valence-electron chi connectivity index (χ4n) is 2.71. The molecule has 0 aliphatic carbocycles. The number of ether oxygens (including phenoxy) is 2. The maximum atomic E-state index is 12.5. The van der Waals surface area contributed by atoms with Gasteiger partial charge in [0.2, 0.25) is 11.7 Å². The molecule has 26 heavy (non-hydrogen) atoms. The number of hydrogen-bond donors (Lipinski definition) is 1. The average molecular weight is 374 g/mol. The van der Waals surface area contributed by atoms with Crippen LogP contribution in [0.4, 0.5) is 5.13 Å². The molecular weight excluding hydrogens is 356 g/mol.